The molecule has 1 heterocycles. The lowest BCUT2D eigenvalue weighted by atomic mass is 9.95. The van der Waals surface area contributed by atoms with Crippen LogP contribution in [0.2, 0.25) is 15.1 Å². The molecule has 1 aliphatic heterocycles. The van der Waals surface area contributed by atoms with Gasteiger partial charge >= 0.3 is 0 Å². The third-order valence-corrected chi connectivity index (χ3v) is 5.96. The van der Waals surface area contributed by atoms with Crippen LogP contribution in [0.1, 0.15) is 41.7 Å². The number of carbonyl (C=O) groups excluding carboxylic acids is 2. The molecule has 1 aliphatic rings. The van der Waals surface area contributed by atoms with Crippen LogP contribution in [0.15, 0.2) is 42.5 Å². The maximum Gasteiger partial charge on any atom is 0.253 e. The van der Waals surface area contributed by atoms with Gasteiger partial charge in [0, 0.05) is 23.7 Å². The quantitative estimate of drug-likeness (QED) is 0.695. The van der Waals surface area contributed by atoms with Crippen LogP contribution in [0, 0.1) is 5.92 Å². The Morgan fingerprint density at radius 1 is 1.07 bits per heavy atom. The third-order valence-electron chi connectivity index (χ3n) is 4.97. The Hall–Kier alpha value is -1.75. The van der Waals surface area contributed by atoms with Crippen molar-refractivity contribution in [2.24, 2.45) is 5.92 Å². The van der Waals surface area contributed by atoms with Crippen LogP contribution in [0.25, 0.3) is 0 Å². The third kappa shape index (κ3) is 4.99. The highest BCUT2D eigenvalue weighted by Crippen LogP contribution is 2.26. The minimum atomic E-state index is -0.241. The SMILES string of the molecule is CC(NC(=O)C1CCCN(C(=O)c2ccc(Cl)cc2)C1)c1ccc(Cl)c(Cl)c1. The Morgan fingerprint density at radius 2 is 1.79 bits per heavy atom. The van der Waals surface area contributed by atoms with Crippen LogP contribution in [0.5, 0.6) is 0 Å². The maximum atomic E-state index is 12.8. The molecule has 7 heteroatoms. The van der Waals surface area contributed by atoms with Crippen LogP contribution in [0.4, 0.5) is 0 Å². The molecule has 2 amide bonds. The number of piperidine rings is 1. The minimum absolute atomic E-state index is 0.0628. The Labute approximate surface area is 179 Å². The lowest BCUT2D eigenvalue weighted by Crippen LogP contribution is -2.45. The highest BCUT2D eigenvalue weighted by atomic mass is 35.5. The van der Waals surface area contributed by atoms with Crippen molar-refractivity contribution >= 4 is 46.6 Å². The molecule has 1 saturated heterocycles. The molecule has 0 aromatic heterocycles. The molecule has 28 heavy (non-hydrogen) atoms. The molecule has 1 N–H and O–H groups in total. The first-order chi connectivity index (χ1) is 13.3. The number of nitrogens with zero attached hydrogens (tertiary/aromatic N) is 1. The standard InChI is InChI=1S/C21H21Cl3N2O2/c1-13(15-6-9-18(23)19(24)11-15)25-20(27)16-3-2-10-26(12-16)21(28)14-4-7-17(22)8-5-14/h4-9,11,13,16H,2-3,10,12H2,1H3,(H,25,27). The zero-order chi connectivity index (χ0) is 20.3. The number of halogens is 3. The Morgan fingerprint density at radius 3 is 2.46 bits per heavy atom. The molecular formula is C21H21Cl3N2O2. The van der Waals surface area contributed by atoms with E-state index < -0.39 is 0 Å². The average Bonchev–Trinajstić information content (AvgIpc) is 2.70. The van der Waals surface area contributed by atoms with Crippen molar-refractivity contribution in [3.8, 4) is 0 Å². The second-order valence-electron chi connectivity index (χ2n) is 7.00. The second-order valence-corrected chi connectivity index (χ2v) is 8.25. The molecule has 4 nitrogen and oxygen atoms in total. The second kappa shape index (κ2) is 9.17. The Kier molecular flexibility index (Phi) is 6.86. The van der Waals surface area contributed by atoms with E-state index in [2.05, 4.69) is 5.32 Å². The van der Waals surface area contributed by atoms with Crippen molar-refractivity contribution < 1.29 is 9.59 Å². The Bertz CT molecular complexity index is 870. The van der Waals surface area contributed by atoms with Crippen LogP contribution in [-0.2, 0) is 4.79 Å². The number of likely N-dealkylation sites (tertiary alicyclic amines) is 1. The van der Waals surface area contributed by atoms with Crippen molar-refractivity contribution in [2.45, 2.75) is 25.8 Å². The van der Waals surface area contributed by atoms with Crippen molar-refractivity contribution in [1.82, 2.24) is 10.2 Å². The fourth-order valence-corrected chi connectivity index (χ4v) is 3.78. The first kappa shape index (κ1) is 21.0. The predicted octanol–water partition coefficient (Wildman–Crippen LogP) is 5.38. The molecule has 2 aromatic rings. The van der Waals surface area contributed by atoms with Gasteiger partial charge in [-0.3, -0.25) is 9.59 Å². The molecule has 3 rings (SSSR count). The van der Waals surface area contributed by atoms with Gasteiger partial charge in [-0.2, -0.15) is 0 Å². The molecule has 148 valence electrons. The van der Waals surface area contributed by atoms with Gasteiger partial charge in [-0.05, 0) is 61.7 Å². The molecule has 1 fully saturated rings. The van der Waals surface area contributed by atoms with E-state index in [0.717, 1.165) is 18.4 Å². The summed E-state index contributed by atoms with van der Waals surface area (Å²) in [6, 6.07) is 11.9. The summed E-state index contributed by atoms with van der Waals surface area (Å²) in [5, 5.41) is 4.55. The van der Waals surface area contributed by atoms with E-state index in [-0.39, 0.29) is 23.8 Å². The summed E-state index contributed by atoms with van der Waals surface area (Å²) in [5.74, 6) is -0.380. The van der Waals surface area contributed by atoms with Crippen LogP contribution in [-0.4, -0.2) is 29.8 Å². The van der Waals surface area contributed by atoms with Crippen molar-refractivity contribution in [3.63, 3.8) is 0 Å². The zero-order valence-corrected chi connectivity index (χ0v) is 17.7. The monoisotopic (exact) mass is 438 g/mol. The summed E-state index contributed by atoms with van der Waals surface area (Å²) in [7, 11) is 0. The molecular weight excluding hydrogens is 419 g/mol. The summed E-state index contributed by atoms with van der Waals surface area (Å²) < 4.78 is 0. The van der Waals surface area contributed by atoms with E-state index >= 15 is 0 Å². The first-order valence-electron chi connectivity index (χ1n) is 9.15. The van der Waals surface area contributed by atoms with Gasteiger partial charge < -0.3 is 10.2 Å². The molecule has 0 radical (unpaired) electrons. The van der Waals surface area contributed by atoms with Gasteiger partial charge in [0.25, 0.3) is 5.91 Å². The van der Waals surface area contributed by atoms with Gasteiger partial charge in [0.15, 0.2) is 0 Å². The topological polar surface area (TPSA) is 49.4 Å². The number of hydrogen-bond acceptors (Lipinski definition) is 2. The van der Waals surface area contributed by atoms with Crippen LogP contribution >= 0.6 is 34.8 Å². The molecule has 2 aromatic carbocycles. The number of rotatable bonds is 4. The lowest BCUT2D eigenvalue weighted by molar-refractivity contribution is -0.127. The first-order valence-corrected chi connectivity index (χ1v) is 10.3. The molecule has 0 aliphatic carbocycles. The number of nitrogens with one attached hydrogen (secondary N) is 1. The molecule has 2 atom stereocenters. The lowest BCUT2D eigenvalue weighted by Gasteiger charge is -2.32. The van der Waals surface area contributed by atoms with Crippen molar-refractivity contribution in [1.29, 1.82) is 0 Å². The summed E-state index contributed by atoms with van der Waals surface area (Å²) in [6.07, 6.45) is 1.54. The van der Waals surface area contributed by atoms with Gasteiger partial charge in [-0.25, -0.2) is 0 Å². The molecule has 0 spiro atoms. The number of hydrogen-bond donors (Lipinski definition) is 1. The van der Waals surface area contributed by atoms with Crippen LogP contribution in [0.3, 0.4) is 0 Å². The summed E-state index contributed by atoms with van der Waals surface area (Å²) >= 11 is 17.9. The average molecular weight is 440 g/mol. The van der Waals surface area contributed by atoms with Crippen LogP contribution < -0.4 is 5.32 Å². The van der Waals surface area contributed by atoms with E-state index in [1.807, 2.05) is 13.0 Å². The van der Waals surface area contributed by atoms with E-state index in [0.29, 0.717) is 33.7 Å². The number of carbonyl (C=O) groups is 2. The highest BCUT2D eigenvalue weighted by molar-refractivity contribution is 6.42. The van der Waals surface area contributed by atoms with E-state index in [4.69, 9.17) is 34.8 Å². The van der Waals surface area contributed by atoms with Gasteiger partial charge in [0.2, 0.25) is 5.91 Å². The fourth-order valence-electron chi connectivity index (χ4n) is 3.35. The van der Waals surface area contributed by atoms with Gasteiger partial charge in [-0.1, -0.05) is 40.9 Å². The fraction of sp³-hybridized carbons (Fsp3) is 0.333. The Balaban J connectivity index is 1.62. The largest absolute Gasteiger partial charge is 0.349 e. The minimum Gasteiger partial charge on any atom is -0.349 e. The summed E-state index contributed by atoms with van der Waals surface area (Å²) in [5.41, 5.74) is 1.46. The normalized spacial score (nSPS) is 17.9. The molecule has 2 unspecified atom stereocenters. The number of benzene rings is 2. The van der Waals surface area contributed by atoms with Crippen molar-refractivity contribution in [3.05, 3.63) is 68.7 Å². The highest BCUT2D eigenvalue weighted by Gasteiger charge is 2.29. The summed E-state index contributed by atoms with van der Waals surface area (Å²) in [4.78, 5) is 27.2. The number of amides is 2. The smallest absolute Gasteiger partial charge is 0.253 e. The van der Waals surface area contributed by atoms with E-state index in [9.17, 15) is 9.59 Å². The van der Waals surface area contributed by atoms with Crippen molar-refractivity contribution in [2.75, 3.05) is 13.1 Å². The maximum absolute atomic E-state index is 12.8. The van der Waals surface area contributed by atoms with Gasteiger partial charge in [0.05, 0.1) is 22.0 Å². The van der Waals surface area contributed by atoms with E-state index in [1.54, 1.807) is 41.3 Å². The van der Waals surface area contributed by atoms with Gasteiger partial charge in [0.1, 0.15) is 0 Å². The van der Waals surface area contributed by atoms with Gasteiger partial charge in [-0.15, -0.1) is 0 Å². The predicted molar refractivity (Wildman–Crippen MR) is 113 cm³/mol. The zero-order valence-electron chi connectivity index (χ0n) is 15.4. The summed E-state index contributed by atoms with van der Waals surface area (Å²) in [6.45, 7) is 2.95. The van der Waals surface area contributed by atoms with E-state index in [1.165, 1.54) is 0 Å². The molecule has 0 bridgehead atoms. The molecule has 0 saturated carbocycles.